The van der Waals surface area contributed by atoms with E-state index in [-0.39, 0.29) is 17.4 Å². The fraction of sp³-hybridized carbons (Fsp3) is 0.294. The normalized spacial score (nSPS) is 11.2. The van der Waals surface area contributed by atoms with Gasteiger partial charge in [0.2, 0.25) is 5.95 Å². The first-order chi connectivity index (χ1) is 11.4. The van der Waals surface area contributed by atoms with Gasteiger partial charge in [0, 0.05) is 12.3 Å². The molecule has 3 aromatic heterocycles. The number of anilines is 1. The van der Waals surface area contributed by atoms with Gasteiger partial charge in [0.25, 0.3) is 11.5 Å². The van der Waals surface area contributed by atoms with Crippen LogP contribution in [0.2, 0.25) is 0 Å². The number of nitrogens with one attached hydrogen (secondary N) is 2. The van der Waals surface area contributed by atoms with Crippen molar-refractivity contribution in [2.45, 2.75) is 27.2 Å². The van der Waals surface area contributed by atoms with Gasteiger partial charge in [-0.2, -0.15) is 0 Å². The Balaban J connectivity index is 1.90. The molecule has 0 atom stereocenters. The number of H-pyrrole nitrogens is 1. The molecule has 3 heterocycles. The van der Waals surface area contributed by atoms with Crippen LogP contribution in [0.25, 0.3) is 5.65 Å². The van der Waals surface area contributed by atoms with Crippen molar-refractivity contribution in [1.29, 1.82) is 0 Å². The molecule has 0 aromatic carbocycles. The fourth-order valence-electron chi connectivity index (χ4n) is 2.52. The zero-order valence-corrected chi connectivity index (χ0v) is 13.8. The van der Waals surface area contributed by atoms with Gasteiger partial charge < -0.3 is 0 Å². The number of hydrogen-bond donors (Lipinski definition) is 2. The van der Waals surface area contributed by atoms with Gasteiger partial charge in [0.05, 0.1) is 11.9 Å². The fourth-order valence-corrected chi connectivity index (χ4v) is 2.52. The minimum absolute atomic E-state index is 0.144. The van der Waals surface area contributed by atoms with Crippen LogP contribution >= 0.6 is 0 Å². The Kier molecular flexibility index (Phi) is 4.16. The van der Waals surface area contributed by atoms with Gasteiger partial charge in [-0.15, -0.1) is 0 Å². The maximum Gasteiger partial charge on any atom is 0.276 e. The number of pyridine rings is 1. The van der Waals surface area contributed by atoms with Gasteiger partial charge in [-0.05, 0) is 30.9 Å². The zero-order valence-electron chi connectivity index (χ0n) is 13.8. The number of hydrogen-bond acceptors (Lipinski definition) is 4. The van der Waals surface area contributed by atoms with Crippen LogP contribution in [-0.4, -0.2) is 25.3 Å². The second-order valence-corrected chi connectivity index (χ2v) is 6.22. The van der Waals surface area contributed by atoms with Gasteiger partial charge in [0.1, 0.15) is 11.3 Å². The van der Waals surface area contributed by atoms with Crippen molar-refractivity contribution < 1.29 is 4.79 Å². The van der Waals surface area contributed by atoms with Crippen LogP contribution in [0.5, 0.6) is 0 Å². The van der Waals surface area contributed by atoms with Crippen LogP contribution in [0.3, 0.4) is 0 Å². The molecule has 24 heavy (non-hydrogen) atoms. The molecular weight excluding hydrogens is 306 g/mol. The third-order valence-corrected chi connectivity index (χ3v) is 3.53. The minimum Gasteiger partial charge on any atom is -0.295 e. The first-order valence-corrected chi connectivity index (χ1v) is 7.77. The van der Waals surface area contributed by atoms with Crippen LogP contribution in [0.15, 0.2) is 35.4 Å². The molecule has 0 aliphatic carbocycles. The lowest BCUT2D eigenvalue weighted by molar-refractivity contribution is 0.102. The summed E-state index contributed by atoms with van der Waals surface area (Å²) in [5.74, 6) is 0.133. The molecule has 0 bridgehead atoms. The third kappa shape index (κ3) is 3.34. The lowest BCUT2D eigenvalue weighted by Crippen LogP contribution is -2.20. The summed E-state index contributed by atoms with van der Waals surface area (Å²) in [6.07, 6.45) is 4.00. The van der Waals surface area contributed by atoms with E-state index in [0.29, 0.717) is 29.4 Å². The molecule has 124 valence electrons. The first-order valence-electron chi connectivity index (χ1n) is 7.77. The number of aromatic amines is 1. The molecule has 0 spiro atoms. The maximum atomic E-state index is 12.5. The predicted molar refractivity (Wildman–Crippen MR) is 91.3 cm³/mol. The second-order valence-electron chi connectivity index (χ2n) is 6.22. The number of carbonyl (C=O) groups is 1. The lowest BCUT2D eigenvalue weighted by atomic mass is 10.1. The molecule has 7 nitrogen and oxygen atoms in total. The topological polar surface area (TPSA) is 92.2 Å². The maximum absolute atomic E-state index is 12.5. The number of rotatable bonds is 4. The molecule has 0 radical (unpaired) electrons. The summed E-state index contributed by atoms with van der Waals surface area (Å²) < 4.78 is 1.71. The van der Waals surface area contributed by atoms with E-state index in [9.17, 15) is 9.59 Å². The smallest absolute Gasteiger partial charge is 0.276 e. The molecule has 3 aromatic rings. The average Bonchev–Trinajstić information content (AvgIpc) is 2.88. The Labute approximate surface area is 138 Å². The summed E-state index contributed by atoms with van der Waals surface area (Å²) in [6.45, 7) is 6.03. The van der Waals surface area contributed by atoms with E-state index in [0.717, 1.165) is 5.56 Å². The van der Waals surface area contributed by atoms with Crippen molar-refractivity contribution in [1.82, 2.24) is 19.4 Å². The number of nitrogens with zero attached hydrogens (tertiary/aromatic N) is 3. The summed E-state index contributed by atoms with van der Waals surface area (Å²) in [5.41, 5.74) is 2.44. The van der Waals surface area contributed by atoms with Crippen LogP contribution in [-0.2, 0) is 6.42 Å². The van der Waals surface area contributed by atoms with Gasteiger partial charge in [-0.25, -0.2) is 9.97 Å². The standard InChI is InChI=1S/C17H19N5O2/c1-10(2)6-12-7-15(23)20-17(19-12)21-16(24)13-8-18-14-5-4-11(3)9-22(13)14/h4-5,7-10H,6H2,1-3H3,(H2,19,20,21,23,24). The second kappa shape index (κ2) is 6.27. The number of imidazole rings is 1. The summed E-state index contributed by atoms with van der Waals surface area (Å²) in [4.78, 5) is 35.3. The van der Waals surface area contributed by atoms with Gasteiger partial charge in [-0.1, -0.05) is 19.9 Å². The molecule has 1 amide bonds. The Morgan fingerprint density at radius 3 is 2.92 bits per heavy atom. The highest BCUT2D eigenvalue weighted by Gasteiger charge is 2.14. The molecule has 0 fully saturated rings. The Morgan fingerprint density at radius 1 is 1.38 bits per heavy atom. The van der Waals surface area contributed by atoms with Crippen LogP contribution < -0.4 is 10.9 Å². The van der Waals surface area contributed by atoms with E-state index in [1.54, 1.807) is 4.40 Å². The van der Waals surface area contributed by atoms with Crippen LogP contribution in [0.1, 0.15) is 35.6 Å². The predicted octanol–water partition coefficient (Wildman–Crippen LogP) is 2.18. The molecule has 2 N–H and O–H groups in total. The monoisotopic (exact) mass is 325 g/mol. The van der Waals surface area contributed by atoms with E-state index >= 15 is 0 Å². The molecule has 0 saturated heterocycles. The molecule has 7 heteroatoms. The third-order valence-electron chi connectivity index (χ3n) is 3.53. The van der Waals surface area contributed by atoms with Crippen LogP contribution in [0, 0.1) is 12.8 Å². The highest BCUT2D eigenvalue weighted by atomic mass is 16.2. The Morgan fingerprint density at radius 2 is 2.17 bits per heavy atom. The summed E-state index contributed by atoms with van der Waals surface area (Å²) in [5, 5.41) is 2.64. The largest absolute Gasteiger partial charge is 0.295 e. The number of amides is 1. The van der Waals surface area contributed by atoms with Crippen molar-refractivity contribution >= 4 is 17.5 Å². The van der Waals surface area contributed by atoms with Gasteiger partial charge >= 0.3 is 0 Å². The highest BCUT2D eigenvalue weighted by Crippen LogP contribution is 2.11. The molecule has 3 rings (SSSR count). The highest BCUT2D eigenvalue weighted by molar-refractivity contribution is 6.02. The summed E-state index contributed by atoms with van der Waals surface area (Å²) in [7, 11) is 0. The van der Waals surface area contributed by atoms with Crippen LogP contribution in [0.4, 0.5) is 5.95 Å². The molecule has 0 saturated carbocycles. The summed E-state index contributed by atoms with van der Waals surface area (Å²) in [6, 6.07) is 5.22. The number of aromatic nitrogens is 4. The van der Waals surface area contributed by atoms with Gasteiger partial charge in [0.15, 0.2) is 0 Å². The van der Waals surface area contributed by atoms with E-state index in [2.05, 4.69) is 20.3 Å². The van der Waals surface area contributed by atoms with Gasteiger partial charge in [-0.3, -0.25) is 24.3 Å². The number of fused-ring (bicyclic) bond motifs is 1. The number of aryl methyl sites for hydroxylation is 1. The SMILES string of the molecule is Cc1ccc2ncc(C(=O)Nc3nc(CC(C)C)cc(=O)[nH]3)n2c1. The van der Waals surface area contributed by atoms with Crippen molar-refractivity contribution in [3.8, 4) is 0 Å². The van der Waals surface area contributed by atoms with Crippen molar-refractivity contribution in [2.24, 2.45) is 5.92 Å². The lowest BCUT2D eigenvalue weighted by Gasteiger charge is -2.08. The molecule has 0 aliphatic heterocycles. The Hall–Kier alpha value is -2.96. The number of carbonyl (C=O) groups excluding carboxylic acids is 1. The molecule has 0 aliphatic rings. The molecule has 0 unspecified atom stereocenters. The van der Waals surface area contributed by atoms with Crippen molar-refractivity contribution in [2.75, 3.05) is 5.32 Å². The average molecular weight is 325 g/mol. The Bertz CT molecular complexity index is 955. The first kappa shape index (κ1) is 15.9. The summed E-state index contributed by atoms with van der Waals surface area (Å²) >= 11 is 0. The minimum atomic E-state index is -0.377. The van der Waals surface area contributed by atoms with E-state index < -0.39 is 0 Å². The zero-order chi connectivity index (χ0) is 17.3. The van der Waals surface area contributed by atoms with E-state index in [1.807, 2.05) is 39.1 Å². The van der Waals surface area contributed by atoms with Crippen molar-refractivity contribution in [3.63, 3.8) is 0 Å². The molecular formula is C17H19N5O2. The van der Waals surface area contributed by atoms with E-state index in [4.69, 9.17) is 0 Å². The quantitative estimate of drug-likeness (QED) is 0.769. The van der Waals surface area contributed by atoms with E-state index in [1.165, 1.54) is 12.3 Å². The van der Waals surface area contributed by atoms with Crippen molar-refractivity contribution in [3.05, 3.63) is 57.9 Å².